The van der Waals surface area contributed by atoms with Crippen molar-refractivity contribution in [1.29, 1.82) is 0 Å². The van der Waals surface area contributed by atoms with Crippen molar-refractivity contribution in [2.45, 2.75) is 6.92 Å². The summed E-state index contributed by atoms with van der Waals surface area (Å²) < 4.78 is 0. The van der Waals surface area contributed by atoms with Crippen LogP contribution in [-0.4, -0.2) is 4.98 Å². The second kappa shape index (κ2) is 3.95. The van der Waals surface area contributed by atoms with Gasteiger partial charge in [-0.3, -0.25) is 10.9 Å². The summed E-state index contributed by atoms with van der Waals surface area (Å²) in [4.78, 5) is 5.17. The molecule has 80 valence electrons. The number of thiazole rings is 1. The van der Waals surface area contributed by atoms with E-state index >= 15 is 0 Å². The minimum atomic E-state index is 0.558. The maximum Gasteiger partial charge on any atom is 0.182 e. The Hall–Kier alpha value is -1.47. The molecule has 0 aromatic carbocycles. The molecule has 0 bridgehead atoms. The van der Waals surface area contributed by atoms with Gasteiger partial charge in [0.15, 0.2) is 10.9 Å². The van der Waals surface area contributed by atoms with Crippen LogP contribution in [0.4, 0.5) is 21.0 Å². The normalized spacial score (nSPS) is 10.2. The lowest BCUT2D eigenvalue weighted by Crippen LogP contribution is -2.08. The summed E-state index contributed by atoms with van der Waals surface area (Å²) in [6, 6.07) is 3.75. The summed E-state index contributed by atoms with van der Waals surface area (Å²) in [5.74, 6) is 0.754. The number of rotatable bonds is 3. The molecule has 2 aromatic rings. The largest absolute Gasteiger partial charge is 0.391 e. The van der Waals surface area contributed by atoms with E-state index in [2.05, 4.69) is 15.8 Å². The van der Waals surface area contributed by atoms with Gasteiger partial charge in [-0.25, -0.2) is 4.98 Å². The van der Waals surface area contributed by atoms with E-state index < -0.39 is 0 Å². The van der Waals surface area contributed by atoms with Gasteiger partial charge in [-0.2, -0.15) is 0 Å². The Morgan fingerprint density at radius 3 is 2.53 bits per heavy atom. The van der Waals surface area contributed by atoms with Gasteiger partial charge in [0, 0.05) is 4.88 Å². The van der Waals surface area contributed by atoms with E-state index in [0.717, 1.165) is 20.7 Å². The van der Waals surface area contributed by atoms with Crippen molar-refractivity contribution < 1.29 is 0 Å². The molecule has 0 amide bonds. The first-order chi connectivity index (χ1) is 7.15. The summed E-state index contributed by atoms with van der Waals surface area (Å²) in [6.45, 7) is 1.96. The Labute approximate surface area is 95.1 Å². The van der Waals surface area contributed by atoms with Crippen molar-refractivity contribution in [2.24, 2.45) is 0 Å². The Bertz CT molecular complexity index is 461. The van der Waals surface area contributed by atoms with Gasteiger partial charge in [0.1, 0.15) is 5.00 Å². The third kappa shape index (κ3) is 2.31. The van der Waals surface area contributed by atoms with Crippen LogP contribution in [0.15, 0.2) is 12.1 Å². The quantitative estimate of drug-likeness (QED) is 0.618. The second-order valence-corrected chi connectivity index (χ2v) is 5.26. The van der Waals surface area contributed by atoms with Crippen LogP contribution in [0.2, 0.25) is 0 Å². The maximum absolute atomic E-state index is 5.60. The number of hydrazine groups is 1. The van der Waals surface area contributed by atoms with Gasteiger partial charge in [-0.1, -0.05) is 11.3 Å². The lowest BCUT2D eigenvalue weighted by Gasteiger charge is -2.04. The van der Waals surface area contributed by atoms with Gasteiger partial charge in [0.05, 0.1) is 5.00 Å². The third-order valence-electron chi connectivity index (χ3n) is 1.74. The first-order valence-electron chi connectivity index (χ1n) is 4.25. The van der Waals surface area contributed by atoms with E-state index in [1.54, 1.807) is 0 Å². The van der Waals surface area contributed by atoms with Gasteiger partial charge in [0.2, 0.25) is 0 Å². The molecule has 0 saturated heterocycles. The summed E-state index contributed by atoms with van der Waals surface area (Å²) in [5, 5.41) is 2.27. The van der Waals surface area contributed by atoms with Gasteiger partial charge in [-0.15, -0.1) is 11.3 Å². The van der Waals surface area contributed by atoms with Gasteiger partial charge in [0.25, 0.3) is 0 Å². The zero-order chi connectivity index (χ0) is 10.8. The molecule has 0 aliphatic rings. The molecule has 0 unspecified atom stereocenters. The highest BCUT2D eigenvalue weighted by Gasteiger charge is 2.04. The number of aryl methyl sites for hydroxylation is 1. The van der Waals surface area contributed by atoms with E-state index in [4.69, 9.17) is 11.5 Å². The summed E-state index contributed by atoms with van der Waals surface area (Å²) >= 11 is 2.92. The minimum Gasteiger partial charge on any atom is -0.391 e. The summed E-state index contributed by atoms with van der Waals surface area (Å²) in [6.07, 6.45) is 0. The van der Waals surface area contributed by atoms with E-state index in [0.29, 0.717) is 5.13 Å². The van der Waals surface area contributed by atoms with Crippen LogP contribution in [0.5, 0.6) is 0 Å². The van der Waals surface area contributed by atoms with E-state index in [1.807, 2.05) is 19.1 Å². The molecule has 5 nitrogen and oxygen atoms in total. The molecule has 6 N–H and O–H groups in total. The SMILES string of the molecule is Cc1sc(N)nc1NNc1ccc(N)s1. The van der Waals surface area contributed by atoms with E-state index in [-0.39, 0.29) is 0 Å². The highest BCUT2D eigenvalue weighted by atomic mass is 32.1. The monoisotopic (exact) mass is 241 g/mol. The Kier molecular flexibility index (Phi) is 2.65. The second-order valence-electron chi connectivity index (χ2n) is 2.91. The Morgan fingerprint density at radius 2 is 2.00 bits per heavy atom. The third-order valence-corrected chi connectivity index (χ3v) is 3.37. The van der Waals surface area contributed by atoms with Gasteiger partial charge < -0.3 is 11.5 Å². The summed E-state index contributed by atoms with van der Waals surface area (Å²) in [7, 11) is 0. The van der Waals surface area contributed by atoms with Crippen LogP contribution in [0.1, 0.15) is 4.88 Å². The number of aromatic nitrogens is 1. The highest BCUT2D eigenvalue weighted by molar-refractivity contribution is 7.19. The molecule has 0 spiro atoms. The zero-order valence-corrected chi connectivity index (χ0v) is 9.71. The first kappa shape index (κ1) is 10.1. The van der Waals surface area contributed by atoms with Gasteiger partial charge in [-0.05, 0) is 19.1 Å². The standard InChI is InChI=1S/C8H11N5S2/c1-4-7(11-8(10)14-4)13-12-6-3-2-5(9)15-6/h2-3,12-13H,9H2,1H3,(H2,10,11). The fourth-order valence-electron chi connectivity index (χ4n) is 1.07. The zero-order valence-electron chi connectivity index (χ0n) is 8.07. The molecule has 2 aromatic heterocycles. The molecule has 7 heteroatoms. The van der Waals surface area contributed by atoms with Crippen molar-refractivity contribution in [2.75, 3.05) is 22.3 Å². The fourth-order valence-corrected chi connectivity index (χ4v) is 2.35. The smallest absolute Gasteiger partial charge is 0.182 e. The molecular formula is C8H11N5S2. The lowest BCUT2D eigenvalue weighted by molar-refractivity contribution is 1.31. The van der Waals surface area contributed by atoms with Crippen molar-refractivity contribution in [1.82, 2.24) is 4.98 Å². The average Bonchev–Trinajstić information content (AvgIpc) is 2.70. The molecule has 0 saturated carbocycles. The number of nitrogens with zero attached hydrogens (tertiary/aromatic N) is 1. The number of hydrogen-bond acceptors (Lipinski definition) is 7. The van der Waals surface area contributed by atoms with E-state index in [9.17, 15) is 0 Å². The lowest BCUT2D eigenvalue weighted by atomic mass is 10.5. The Morgan fingerprint density at radius 1 is 1.20 bits per heavy atom. The summed E-state index contributed by atoms with van der Waals surface area (Å²) in [5.41, 5.74) is 17.2. The van der Waals surface area contributed by atoms with Crippen LogP contribution >= 0.6 is 22.7 Å². The van der Waals surface area contributed by atoms with Crippen molar-refractivity contribution >= 4 is 43.6 Å². The predicted molar refractivity (Wildman–Crippen MR) is 67.2 cm³/mol. The average molecular weight is 241 g/mol. The van der Waals surface area contributed by atoms with Gasteiger partial charge >= 0.3 is 0 Å². The molecule has 2 rings (SSSR count). The van der Waals surface area contributed by atoms with Crippen molar-refractivity contribution in [3.05, 3.63) is 17.0 Å². The van der Waals surface area contributed by atoms with Crippen molar-refractivity contribution in [3.8, 4) is 0 Å². The molecule has 0 atom stereocenters. The minimum absolute atomic E-state index is 0.558. The number of nitrogens with two attached hydrogens (primary N) is 2. The van der Waals surface area contributed by atoms with E-state index in [1.165, 1.54) is 22.7 Å². The van der Waals surface area contributed by atoms with Crippen LogP contribution < -0.4 is 22.3 Å². The van der Waals surface area contributed by atoms with Crippen LogP contribution in [0, 0.1) is 6.92 Å². The topological polar surface area (TPSA) is 89.0 Å². The van der Waals surface area contributed by atoms with Crippen LogP contribution in [0.3, 0.4) is 0 Å². The number of anilines is 4. The highest BCUT2D eigenvalue weighted by Crippen LogP contribution is 2.26. The first-order valence-corrected chi connectivity index (χ1v) is 5.88. The fraction of sp³-hybridized carbons (Fsp3) is 0.125. The Balaban J connectivity index is 2.01. The molecule has 2 heterocycles. The van der Waals surface area contributed by atoms with Crippen LogP contribution in [-0.2, 0) is 0 Å². The number of nitrogens with one attached hydrogen (secondary N) is 2. The molecule has 0 aliphatic heterocycles. The van der Waals surface area contributed by atoms with Crippen LogP contribution in [0.25, 0.3) is 0 Å². The number of hydrogen-bond donors (Lipinski definition) is 4. The number of nitrogen functional groups attached to an aromatic ring is 2. The molecule has 0 fully saturated rings. The van der Waals surface area contributed by atoms with Crippen molar-refractivity contribution in [3.63, 3.8) is 0 Å². The molecule has 0 aliphatic carbocycles. The molecule has 15 heavy (non-hydrogen) atoms. The molecule has 0 radical (unpaired) electrons. The number of thiophene rings is 1. The molecular weight excluding hydrogens is 230 g/mol. The maximum atomic E-state index is 5.60. The predicted octanol–water partition coefficient (Wildman–Crippen LogP) is 2.12.